The molecule has 76 valence electrons. The molecular weight excluding hydrogens is 189 g/mol. The van der Waals surface area contributed by atoms with Gasteiger partial charge in [0.05, 0.1) is 12.6 Å². The quantitative estimate of drug-likeness (QED) is 0.729. The third-order valence-corrected chi connectivity index (χ3v) is 2.10. The molecule has 0 amide bonds. The first-order chi connectivity index (χ1) is 6.74. The highest BCUT2D eigenvalue weighted by molar-refractivity contribution is 5.46. The Balaban J connectivity index is 2.44. The largest absolute Gasteiger partial charge is 0.453 e. The van der Waals surface area contributed by atoms with Crippen LogP contribution in [0.3, 0.4) is 0 Å². The van der Waals surface area contributed by atoms with E-state index >= 15 is 0 Å². The molecule has 1 aromatic rings. The summed E-state index contributed by atoms with van der Waals surface area (Å²) in [4.78, 5) is 0. The van der Waals surface area contributed by atoms with E-state index in [-0.39, 0.29) is 24.7 Å². The van der Waals surface area contributed by atoms with Crippen molar-refractivity contribution in [2.75, 3.05) is 13.4 Å². The SMILES string of the molecule is NC(CO)c1ccc2c(c1F)OCO2. The van der Waals surface area contributed by atoms with Crippen LogP contribution in [0.5, 0.6) is 11.5 Å². The zero-order valence-electron chi connectivity index (χ0n) is 7.37. The maximum atomic E-state index is 13.6. The van der Waals surface area contributed by atoms with Gasteiger partial charge in [-0.05, 0) is 6.07 Å². The smallest absolute Gasteiger partial charge is 0.231 e. The Hall–Kier alpha value is -1.33. The zero-order chi connectivity index (χ0) is 10.1. The lowest BCUT2D eigenvalue weighted by molar-refractivity contribution is 0.170. The van der Waals surface area contributed by atoms with Gasteiger partial charge in [-0.1, -0.05) is 6.07 Å². The highest BCUT2D eigenvalue weighted by Gasteiger charge is 2.23. The van der Waals surface area contributed by atoms with Gasteiger partial charge in [0.15, 0.2) is 11.6 Å². The molecule has 3 N–H and O–H groups in total. The van der Waals surface area contributed by atoms with Crippen molar-refractivity contribution in [3.63, 3.8) is 0 Å². The second-order valence-electron chi connectivity index (χ2n) is 2.99. The molecule has 1 unspecified atom stereocenters. The molecule has 0 saturated carbocycles. The summed E-state index contributed by atoms with van der Waals surface area (Å²) < 4.78 is 23.5. The third-order valence-electron chi connectivity index (χ3n) is 2.10. The normalized spacial score (nSPS) is 15.6. The molecule has 1 aromatic carbocycles. The van der Waals surface area contributed by atoms with E-state index in [0.29, 0.717) is 5.75 Å². The monoisotopic (exact) mass is 199 g/mol. The molecule has 1 aliphatic rings. The van der Waals surface area contributed by atoms with Gasteiger partial charge in [-0.25, -0.2) is 4.39 Å². The Kier molecular flexibility index (Phi) is 2.26. The number of halogens is 1. The molecule has 14 heavy (non-hydrogen) atoms. The van der Waals surface area contributed by atoms with Crippen molar-refractivity contribution in [3.05, 3.63) is 23.5 Å². The van der Waals surface area contributed by atoms with Gasteiger partial charge >= 0.3 is 0 Å². The Morgan fingerprint density at radius 1 is 1.50 bits per heavy atom. The van der Waals surface area contributed by atoms with Gasteiger partial charge in [0.25, 0.3) is 0 Å². The van der Waals surface area contributed by atoms with Crippen molar-refractivity contribution in [1.29, 1.82) is 0 Å². The molecule has 5 heteroatoms. The number of aliphatic hydroxyl groups excluding tert-OH is 1. The molecule has 1 aliphatic heterocycles. The number of rotatable bonds is 2. The number of ether oxygens (including phenoxy) is 2. The molecule has 0 saturated heterocycles. The second-order valence-corrected chi connectivity index (χ2v) is 2.99. The molecule has 0 aromatic heterocycles. The summed E-state index contributed by atoms with van der Waals surface area (Å²) in [6.07, 6.45) is 0. The Morgan fingerprint density at radius 2 is 2.29 bits per heavy atom. The Morgan fingerprint density at radius 3 is 3.00 bits per heavy atom. The number of nitrogens with two attached hydrogens (primary N) is 1. The minimum atomic E-state index is -0.732. The number of aliphatic hydroxyl groups is 1. The fourth-order valence-electron chi connectivity index (χ4n) is 1.34. The van der Waals surface area contributed by atoms with Crippen molar-refractivity contribution >= 4 is 0 Å². The van der Waals surface area contributed by atoms with Crippen LogP contribution in [0.1, 0.15) is 11.6 Å². The summed E-state index contributed by atoms with van der Waals surface area (Å²) in [6, 6.07) is 2.34. The van der Waals surface area contributed by atoms with Crippen molar-refractivity contribution in [2.24, 2.45) is 5.73 Å². The van der Waals surface area contributed by atoms with E-state index in [2.05, 4.69) is 0 Å². The van der Waals surface area contributed by atoms with Gasteiger partial charge in [0.2, 0.25) is 12.5 Å². The molecule has 0 bridgehead atoms. The van der Waals surface area contributed by atoms with E-state index < -0.39 is 11.9 Å². The molecule has 1 heterocycles. The first-order valence-corrected chi connectivity index (χ1v) is 4.18. The molecule has 0 fully saturated rings. The van der Waals surface area contributed by atoms with Crippen LogP contribution in [-0.4, -0.2) is 18.5 Å². The first-order valence-electron chi connectivity index (χ1n) is 4.18. The molecule has 1 atom stereocenters. The van der Waals surface area contributed by atoms with Crippen LogP contribution in [0, 0.1) is 5.82 Å². The third kappa shape index (κ3) is 1.30. The summed E-state index contributed by atoms with van der Waals surface area (Å²) in [5.41, 5.74) is 5.74. The topological polar surface area (TPSA) is 64.7 Å². The summed E-state index contributed by atoms with van der Waals surface area (Å²) in [6.45, 7) is -0.291. The van der Waals surface area contributed by atoms with Gasteiger partial charge in [0.1, 0.15) is 0 Å². The zero-order valence-corrected chi connectivity index (χ0v) is 7.37. The van der Waals surface area contributed by atoms with Crippen molar-refractivity contribution in [1.82, 2.24) is 0 Å². The fourth-order valence-corrected chi connectivity index (χ4v) is 1.34. The number of hydrogen-bond donors (Lipinski definition) is 2. The van der Waals surface area contributed by atoms with Gasteiger partial charge in [-0.15, -0.1) is 0 Å². The highest BCUT2D eigenvalue weighted by Crippen LogP contribution is 2.37. The summed E-state index contributed by atoms with van der Waals surface area (Å²) in [7, 11) is 0. The van der Waals surface area contributed by atoms with Crippen molar-refractivity contribution in [3.8, 4) is 11.5 Å². The maximum Gasteiger partial charge on any atom is 0.231 e. The number of benzene rings is 1. The van der Waals surface area contributed by atoms with E-state index in [1.54, 1.807) is 6.07 Å². The summed E-state index contributed by atoms with van der Waals surface area (Å²) in [5, 5.41) is 8.80. The molecular formula is C9H10FNO3. The standard InChI is InChI=1S/C9H10FNO3/c10-8-5(6(11)3-12)1-2-7-9(8)14-4-13-7/h1-2,6,12H,3-4,11H2. The predicted molar refractivity (Wildman–Crippen MR) is 46.5 cm³/mol. The van der Waals surface area contributed by atoms with Crippen LogP contribution in [0.15, 0.2) is 12.1 Å². The van der Waals surface area contributed by atoms with Gasteiger partial charge in [0, 0.05) is 5.56 Å². The average molecular weight is 199 g/mol. The number of hydrogen-bond acceptors (Lipinski definition) is 4. The van der Waals surface area contributed by atoms with E-state index in [4.69, 9.17) is 20.3 Å². The van der Waals surface area contributed by atoms with Crippen LogP contribution in [-0.2, 0) is 0 Å². The summed E-state index contributed by atoms with van der Waals surface area (Å²) >= 11 is 0. The lowest BCUT2D eigenvalue weighted by atomic mass is 10.1. The Labute approximate surface area is 80.0 Å². The highest BCUT2D eigenvalue weighted by atomic mass is 19.1. The molecule has 0 spiro atoms. The van der Waals surface area contributed by atoms with Gasteiger partial charge in [-0.2, -0.15) is 0 Å². The van der Waals surface area contributed by atoms with E-state index in [9.17, 15) is 4.39 Å². The van der Waals surface area contributed by atoms with E-state index in [1.807, 2.05) is 0 Å². The van der Waals surface area contributed by atoms with Crippen molar-refractivity contribution in [2.45, 2.75) is 6.04 Å². The molecule has 4 nitrogen and oxygen atoms in total. The van der Waals surface area contributed by atoms with Crippen LogP contribution in [0.25, 0.3) is 0 Å². The van der Waals surface area contributed by atoms with Gasteiger partial charge in [-0.3, -0.25) is 0 Å². The Bertz CT molecular complexity index is 356. The predicted octanol–water partition coefficient (Wildman–Crippen LogP) is 0.546. The van der Waals surface area contributed by atoms with E-state index in [1.165, 1.54) is 6.07 Å². The summed E-state index contributed by atoms with van der Waals surface area (Å²) in [5.74, 6) is -0.107. The van der Waals surface area contributed by atoms with Crippen molar-refractivity contribution < 1.29 is 19.0 Å². The van der Waals surface area contributed by atoms with E-state index in [0.717, 1.165) is 0 Å². The van der Waals surface area contributed by atoms with Crippen LogP contribution < -0.4 is 15.2 Å². The molecule has 0 aliphatic carbocycles. The van der Waals surface area contributed by atoms with Gasteiger partial charge < -0.3 is 20.3 Å². The average Bonchev–Trinajstić information content (AvgIpc) is 2.66. The van der Waals surface area contributed by atoms with Crippen LogP contribution in [0.2, 0.25) is 0 Å². The minimum absolute atomic E-state index is 0.0179. The lowest BCUT2D eigenvalue weighted by Gasteiger charge is -2.10. The lowest BCUT2D eigenvalue weighted by Crippen LogP contribution is -2.16. The fraction of sp³-hybridized carbons (Fsp3) is 0.333. The van der Waals surface area contributed by atoms with Crippen LogP contribution in [0.4, 0.5) is 4.39 Å². The maximum absolute atomic E-state index is 13.6. The first kappa shape index (κ1) is 9.23. The minimum Gasteiger partial charge on any atom is -0.453 e. The number of fused-ring (bicyclic) bond motifs is 1. The second kappa shape index (κ2) is 3.43. The molecule has 2 rings (SSSR count). The molecule has 0 radical (unpaired) electrons. The van der Waals surface area contributed by atoms with Crippen LogP contribution >= 0.6 is 0 Å².